The number of fused-ring (bicyclic) bond motifs is 1. The van der Waals surface area contributed by atoms with Crippen LogP contribution < -0.4 is 4.74 Å². The van der Waals surface area contributed by atoms with Gasteiger partial charge in [0.15, 0.2) is 11.6 Å². The highest BCUT2D eigenvalue weighted by molar-refractivity contribution is 6.22. The van der Waals surface area contributed by atoms with Crippen molar-refractivity contribution in [3.63, 3.8) is 0 Å². The van der Waals surface area contributed by atoms with Gasteiger partial charge in [0.2, 0.25) is 0 Å². The molecule has 4 heteroatoms. The van der Waals surface area contributed by atoms with Crippen molar-refractivity contribution in [1.82, 2.24) is 0 Å². The number of rotatable bonds is 2. The zero-order chi connectivity index (χ0) is 14.3. The van der Waals surface area contributed by atoms with E-state index in [0.717, 1.165) is 35.4 Å². The molecule has 1 nitrogen and oxygen atoms in total. The second kappa shape index (κ2) is 5.06. The number of hydrogen-bond acceptors (Lipinski definition) is 1. The Labute approximate surface area is 121 Å². The SMILES string of the molecule is CC1Cc2cc(C(Cl)c3ccc(F)c(F)c3)ccc2O1. The van der Waals surface area contributed by atoms with Crippen LogP contribution in [-0.2, 0) is 6.42 Å². The quantitative estimate of drug-likeness (QED) is 0.735. The van der Waals surface area contributed by atoms with Gasteiger partial charge in [0, 0.05) is 6.42 Å². The minimum Gasteiger partial charge on any atom is -0.490 e. The minimum atomic E-state index is -0.883. The predicted molar refractivity (Wildman–Crippen MR) is 74.3 cm³/mol. The summed E-state index contributed by atoms with van der Waals surface area (Å²) in [7, 11) is 0. The fraction of sp³-hybridized carbons (Fsp3) is 0.250. The summed E-state index contributed by atoms with van der Waals surface area (Å²) in [5.74, 6) is -0.879. The molecule has 2 atom stereocenters. The van der Waals surface area contributed by atoms with Gasteiger partial charge in [-0.15, -0.1) is 11.6 Å². The summed E-state index contributed by atoms with van der Waals surface area (Å²) in [6.45, 7) is 2.01. The van der Waals surface area contributed by atoms with E-state index in [1.54, 1.807) is 0 Å². The van der Waals surface area contributed by atoms with Crippen LogP contribution in [-0.4, -0.2) is 6.10 Å². The molecule has 0 saturated heterocycles. The standard InChI is InChI=1S/C16H13ClF2O/c1-9-6-12-7-10(3-5-15(12)20-9)16(17)11-2-4-13(18)14(19)8-11/h2-5,7-9,16H,6H2,1H3. The molecule has 0 aliphatic carbocycles. The van der Waals surface area contributed by atoms with Crippen molar-refractivity contribution in [2.45, 2.75) is 24.8 Å². The highest BCUT2D eigenvalue weighted by Crippen LogP contribution is 2.35. The molecule has 0 radical (unpaired) electrons. The molecular weight excluding hydrogens is 282 g/mol. The molecule has 2 aromatic carbocycles. The Hall–Kier alpha value is -1.61. The van der Waals surface area contributed by atoms with Crippen molar-refractivity contribution in [3.05, 3.63) is 64.7 Å². The van der Waals surface area contributed by atoms with Gasteiger partial charge in [-0.05, 0) is 41.8 Å². The third kappa shape index (κ3) is 2.38. The maximum absolute atomic E-state index is 13.3. The fourth-order valence-corrected chi connectivity index (χ4v) is 2.73. The lowest BCUT2D eigenvalue weighted by molar-refractivity contribution is 0.254. The summed E-state index contributed by atoms with van der Waals surface area (Å²) in [5.41, 5.74) is 2.50. The molecule has 0 bridgehead atoms. The first-order valence-corrected chi connectivity index (χ1v) is 6.87. The predicted octanol–water partition coefficient (Wildman–Crippen LogP) is 4.62. The number of benzene rings is 2. The molecule has 0 fully saturated rings. The Bertz CT molecular complexity index is 657. The van der Waals surface area contributed by atoms with E-state index >= 15 is 0 Å². The van der Waals surface area contributed by atoms with Gasteiger partial charge in [0.25, 0.3) is 0 Å². The van der Waals surface area contributed by atoms with Crippen molar-refractivity contribution in [1.29, 1.82) is 0 Å². The highest BCUT2D eigenvalue weighted by atomic mass is 35.5. The Kier molecular flexibility index (Phi) is 3.38. The Balaban J connectivity index is 1.93. The van der Waals surface area contributed by atoms with Gasteiger partial charge >= 0.3 is 0 Å². The third-order valence-corrected chi connectivity index (χ3v) is 3.95. The van der Waals surface area contributed by atoms with Gasteiger partial charge in [-0.2, -0.15) is 0 Å². The second-order valence-electron chi connectivity index (χ2n) is 5.04. The normalized spacial score (nSPS) is 18.5. The lowest BCUT2D eigenvalue weighted by Crippen LogP contribution is -2.05. The van der Waals surface area contributed by atoms with Crippen LogP contribution in [0.4, 0.5) is 8.78 Å². The van der Waals surface area contributed by atoms with Crippen LogP contribution in [0.15, 0.2) is 36.4 Å². The number of halogens is 3. The molecule has 0 amide bonds. The Morgan fingerprint density at radius 3 is 2.55 bits per heavy atom. The van der Waals surface area contributed by atoms with Gasteiger partial charge in [-0.1, -0.05) is 18.2 Å². The molecule has 2 unspecified atom stereocenters. The summed E-state index contributed by atoms with van der Waals surface area (Å²) >= 11 is 6.36. The molecule has 0 spiro atoms. The average molecular weight is 295 g/mol. The molecule has 0 saturated carbocycles. The third-order valence-electron chi connectivity index (χ3n) is 3.45. The van der Waals surface area contributed by atoms with Crippen molar-refractivity contribution >= 4 is 11.6 Å². The van der Waals surface area contributed by atoms with Gasteiger partial charge in [0.05, 0.1) is 5.38 Å². The Morgan fingerprint density at radius 2 is 1.80 bits per heavy atom. The minimum absolute atomic E-state index is 0.164. The van der Waals surface area contributed by atoms with Crippen LogP contribution in [0.25, 0.3) is 0 Å². The highest BCUT2D eigenvalue weighted by Gasteiger charge is 2.21. The molecule has 1 heterocycles. The van der Waals surface area contributed by atoms with Crippen LogP contribution in [0.1, 0.15) is 29.0 Å². The lowest BCUT2D eigenvalue weighted by atomic mass is 10.0. The van der Waals surface area contributed by atoms with E-state index in [9.17, 15) is 8.78 Å². The number of hydrogen-bond donors (Lipinski definition) is 0. The van der Waals surface area contributed by atoms with Crippen LogP contribution in [0, 0.1) is 11.6 Å². The fourth-order valence-electron chi connectivity index (χ4n) is 2.46. The molecule has 0 aromatic heterocycles. The number of ether oxygens (including phenoxy) is 1. The molecule has 3 rings (SSSR count). The molecular formula is C16H13ClF2O. The maximum Gasteiger partial charge on any atom is 0.159 e. The summed E-state index contributed by atoms with van der Waals surface area (Å²) < 4.78 is 31.9. The van der Waals surface area contributed by atoms with Gasteiger partial charge in [-0.25, -0.2) is 8.78 Å². The monoisotopic (exact) mass is 294 g/mol. The van der Waals surface area contributed by atoms with E-state index in [0.29, 0.717) is 5.56 Å². The smallest absolute Gasteiger partial charge is 0.159 e. The van der Waals surface area contributed by atoms with E-state index in [1.807, 2.05) is 25.1 Å². The molecule has 1 aliphatic rings. The van der Waals surface area contributed by atoms with Crippen LogP contribution in [0.3, 0.4) is 0 Å². The molecule has 104 valence electrons. The first-order valence-electron chi connectivity index (χ1n) is 6.43. The van der Waals surface area contributed by atoms with Crippen LogP contribution in [0.2, 0.25) is 0 Å². The zero-order valence-corrected chi connectivity index (χ0v) is 11.6. The van der Waals surface area contributed by atoms with Gasteiger partial charge in [0.1, 0.15) is 11.9 Å². The van der Waals surface area contributed by atoms with Gasteiger partial charge < -0.3 is 4.74 Å². The van der Waals surface area contributed by atoms with E-state index in [-0.39, 0.29) is 6.10 Å². The lowest BCUT2D eigenvalue weighted by Gasteiger charge is -2.12. The maximum atomic E-state index is 13.3. The van der Waals surface area contributed by atoms with Crippen molar-refractivity contribution in [2.75, 3.05) is 0 Å². The summed E-state index contributed by atoms with van der Waals surface area (Å²) in [6, 6.07) is 9.44. The van der Waals surface area contributed by atoms with Crippen molar-refractivity contribution in [2.24, 2.45) is 0 Å². The molecule has 2 aromatic rings. The summed E-state index contributed by atoms with van der Waals surface area (Å²) in [4.78, 5) is 0. The molecule has 20 heavy (non-hydrogen) atoms. The van der Waals surface area contributed by atoms with E-state index < -0.39 is 17.0 Å². The van der Waals surface area contributed by atoms with E-state index in [1.165, 1.54) is 6.07 Å². The zero-order valence-electron chi connectivity index (χ0n) is 10.9. The van der Waals surface area contributed by atoms with Crippen molar-refractivity contribution in [3.8, 4) is 5.75 Å². The van der Waals surface area contributed by atoms with Crippen molar-refractivity contribution < 1.29 is 13.5 Å². The average Bonchev–Trinajstić information content (AvgIpc) is 2.80. The topological polar surface area (TPSA) is 9.23 Å². The first-order chi connectivity index (χ1) is 9.54. The Morgan fingerprint density at radius 1 is 1.10 bits per heavy atom. The number of alkyl halides is 1. The molecule has 1 aliphatic heterocycles. The van der Waals surface area contributed by atoms with E-state index in [2.05, 4.69) is 0 Å². The summed E-state index contributed by atoms with van der Waals surface area (Å²) in [5, 5.41) is -0.508. The van der Waals surface area contributed by atoms with Crippen LogP contribution in [0.5, 0.6) is 5.75 Å². The molecule has 0 N–H and O–H groups in total. The van der Waals surface area contributed by atoms with E-state index in [4.69, 9.17) is 16.3 Å². The van der Waals surface area contributed by atoms with Crippen LogP contribution >= 0.6 is 11.6 Å². The summed E-state index contributed by atoms with van der Waals surface area (Å²) in [6.07, 6.45) is 1.00. The second-order valence-corrected chi connectivity index (χ2v) is 5.47. The first kappa shape index (κ1) is 13.4. The largest absolute Gasteiger partial charge is 0.490 e. The van der Waals surface area contributed by atoms with Gasteiger partial charge in [-0.3, -0.25) is 0 Å².